The molecule has 3 atom stereocenters. The van der Waals surface area contributed by atoms with Crippen molar-refractivity contribution >= 4 is 49.4 Å². The van der Waals surface area contributed by atoms with E-state index in [1.165, 1.54) is 0 Å². The van der Waals surface area contributed by atoms with E-state index in [0.29, 0.717) is 18.6 Å². The van der Waals surface area contributed by atoms with Crippen LogP contribution in [0.2, 0.25) is 0 Å². The molecule has 0 heterocycles. The van der Waals surface area contributed by atoms with Gasteiger partial charge in [-0.1, -0.05) is 0 Å². The van der Waals surface area contributed by atoms with Crippen LogP contribution < -0.4 is 20.7 Å². The third-order valence-electron chi connectivity index (χ3n) is 4.61. The molecule has 0 unspecified atom stereocenters. The number of amides is 2. The van der Waals surface area contributed by atoms with Crippen molar-refractivity contribution in [1.29, 1.82) is 0 Å². The average molecular weight is 546 g/mol. The molecule has 0 aliphatic rings. The molecule has 2 amide bonds. The van der Waals surface area contributed by atoms with Gasteiger partial charge < -0.3 is 0 Å². The Bertz CT molecular complexity index is 781. The van der Waals surface area contributed by atoms with Crippen molar-refractivity contribution in [3.63, 3.8) is 0 Å². The van der Waals surface area contributed by atoms with Crippen LogP contribution in [0.4, 0.5) is 0 Å². The quantitative estimate of drug-likeness (QED) is 0.184. The summed E-state index contributed by atoms with van der Waals surface area (Å²) in [5.74, 6) is -1.05. The third kappa shape index (κ3) is 12.2. The van der Waals surface area contributed by atoms with E-state index < -0.39 is 45.2 Å². The molecule has 0 saturated carbocycles. The first-order valence-electron chi connectivity index (χ1n) is 10.7. The first-order valence-corrected chi connectivity index (χ1v) is 13.8. The third-order valence-corrected chi connectivity index (χ3v) is 6.88. The molecule has 0 saturated heterocycles. The Morgan fingerprint density at radius 1 is 1.09 bits per heavy atom. The molecule has 0 aliphatic carbocycles. The maximum absolute atomic E-state index is 12.8. The summed E-state index contributed by atoms with van der Waals surface area (Å²) in [7, 11) is 0. The topological polar surface area (TPSA) is 151 Å². The molecule has 0 bridgehead atoms. The van der Waals surface area contributed by atoms with Crippen molar-refractivity contribution in [2.24, 2.45) is 11.7 Å². The van der Waals surface area contributed by atoms with Crippen molar-refractivity contribution in [1.82, 2.24) is 15.0 Å². The molecule has 0 aromatic heterocycles. The molecule has 33 heavy (non-hydrogen) atoms. The van der Waals surface area contributed by atoms with E-state index in [9.17, 15) is 24.3 Å². The average Bonchev–Trinajstić information content (AvgIpc) is 2.77. The zero-order valence-corrected chi connectivity index (χ0v) is 21.7. The van der Waals surface area contributed by atoms with E-state index in [1.807, 2.05) is 38.3 Å². The van der Waals surface area contributed by atoms with Crippen LogP contribution in [-0.4, -0.2) is 79.4 Å². The van der Waals surface area contributed by atoms with Crippen molar-refractivity contribution in [3.8, 4) is 0 Å². The Balaban J connectivity index is 2.62. The van der Waals surface area contributed by atoms with E-state index in [-0.39, 0.29) is 29.5 Å². The SMILES string of the molecule is CSCC[C@H](N[Se]C(=O)CNC(=O)[C@@H](N)CC(C)C)C(=O)N[C@@H](Cc1ccccc1)C(=O)O. The van der Waals surface area contributed by atoms with Gasteiger partial charge in [-0.25, -0.2) is 0 Å². The van der Waals surface area contributed by atoms with Gasteiger partial charge in [-0.05, 0) is 0 Å². The monoisotopic (exact) mass is 546 g/mol. The van der Waals surface area contributed by atoms with Gasteiger partial charge in [-0.2, -0.15) is 0 Å². The molecule has 11 heteroatoms. The second kappa shape index (κ2) is 15.8. The van der Waals surface area contributed by atoms with Gasteiger partial charge in [0.15, 0.2) is 0 Å². The summed E-state index contributed by atoms with van der Waals surface area (Å²) in [5, 5.41) is 14.7. The first kappa shape index (κ1) is 29.1. The summed E-state index contributed by atoms with van der Waals surface area (Å²) in [4.78, 5) is 48.7. The number of hydrogen-bond donors (Lipinski definition) is 5. The number of carbonyl (C=O) groups excluding carboxylic acids is 3. The van der Waals surface area contributed by atoms with Crippen LogP contribution in [0.15, 0.2) is 30.3 Å². The van der Waals surface area contributed by atoms with Crippen LogP contribution >= 0.6 is 11.8 Å². The fourth-order valence-electron chi connectivity index (χ4n) is 2.88. The van der Waals surface area contributed by atoms with Crippen LogP contribution in [-0.2, 0) is 25.6 Å². The fourth-order valence-corrected chi connectivity index (χ4v) is 4.70. The molecule has 9 nitrogen and oxygen atoms in total. The Morgan fingerprint density at radius 3 is 2.33 bits per heavy atom. The number of rotatable bonds is 16. The van der Waals surface area contributed by atoms with Crippen molar-refractivity contribution in [2.75, 3.05) is 18.6 Å². The Hall–Kier alpha value is -1.91. The number of nitrogens with one attached hydrogen (secondary N) is 3. The summed E-state index contributed by atoms with van der Waals surface area (Å²) < 4.78 is 2.72. The molecule has 0 spiro atoms. The molecule has 1 aromatic rings. The van der Waals surface area contributed by atoms with Gasteiger partial charge in [0.1, 0.15) is 0 Å². The number of benzene rings is 1. The van der Waals surface area contributed by atoms with Crippen LogP contribution in [0.1, 0.15) is 32.3 Å². The summed E-state index contributed by atoms with van der Waals surface area (Å²) in [5.41, 5.74) is 6.61. The van der Waals surface area contributed by atoms with Gasteiger partial charge in [0.25, 0.3) is 0 Å². The minimum absolute atomic E-state index is 0.157. The molecule has 1 aromatic carbocycles. The Kier molecular flexibility index (Phi) is 14.0. The number of carboxylic acid groups (broad SMARTS) is 1. The number of thioether (sulfide) groups is 1. The number of carbonyl (C=O) groups is 4. The van der Waals surface area contributed by atoms with E-state index in [1.54, 1.807) is 23.9 Å². The molecule has 1 rings (SSSR count). The molecular formula is C22H34N4O5SSe. The normalized spacial score (nSPS) is 13.7. The van der Waals surface area contributed by atoms with Gasteiger partial charge in [-0.3, -0.25) is 0 Å². The van der Waals surface area contributed by atoms with Gasteiger partial charge in [0.2, 0.25) is 0 Å². The van der Waals surface area contributed by atoms with E-state index in [4.69, 9.17) is 5.73 Å². The van der Waals surface area contributed by atoms with Gasteiger partial charge >= 0.3 is 206 Å². The fraction of sp³-hybridized carbons (Fsp3) is 0.545. The molecular weight excluding hydrogens is 511 g/mol. The molecule has 0 aliphatic heterocycles. The minimum atomic E-state index is -1.13. The predicted molar refractivity (Wildman–Crippen MR) is 131 cm³/mol. The van der Waals surface area contributed by atoms with Gasteiger partial charge in [0, 0.05) is 0 Å². The first-order chi connectivity index (χ1) is 15.6. The maximum atomic E-state index is 12.8. The summed E-state index contributed by atoms with van der Waals surface area (Å²) in [6.45, 7) is 3.75. The summed E-state index contributed by atoms with van der Waals surface area (Å²) in [6.07, 6.45) is 3.01. The zero-order valence-electron chi connectivity index (χ0n) is 19.2. The molecule has 0 fully saturated rings. The second-order valence-corrected chi connectivity index (χ2v) is 10.8. The van der Waals surface area contributed by atoms with Crippen molar-refractivity contribution in [2.45, 2.75) is 51.2 Å². The van der Waals surface area contributed by atoms with E-state index in [0.717, 1.165) is 5.56 Å². The summed E-state index contributed by atoms with van der Waals surface area (Å²) in [6, 6.07) is 6.59. The van der Waals surface area contributed by atoms with Crippen molar-refractivity contribution < 1.29 is 24.3 Å². The van der Waals surface area contributed by atoms with Gasteiger partial charge in [-0.15, -0.1) is 0 Å². The standard InChI is InChI=1S/C22H34N4O5SSe/c1-14(2)11-16(23)20(28)24-13-19(27)33-26-17(9-10-32-3)21(29)25-18(22(30)31)12-15-7-5-4-6-8-15/h4-8,14,16-18,26H,9-13,23H2,1-3H3,(H,24,28)(H,25,29)(H,30,31)/t16-,17-,18-/m0/s1. The Morgan fingerprint density at radius 2 is 1.76 bits per heavy atom. The Labute approximate surface area is 205 Å². The number of aliphatic carboxylic acids is 1. The van der Waals surface area contributed by atoms with Crippen LogP contribution in [0.5, 0.6) is 0 Å². The van der Waals surface area contributed by atoms with Crippen molar-refractivity contribution in [3.05, 3.63) is 35.9 Å². The van der Waals surface area contributed by atoms with Crippen LogP contribution in [0.25, 0.3) is 0 Å². The van der Waals surface area contributed by atoms with Crippen LogP contribution in [0, 0.1) is 5.92 Å². The van der Waals surface area contributed by atoms with Gasteiger partial charge in [0.05, 0.1) is 0 Å². The van der Waals surface area contributed by atoms with E-state index in [2.05, 4.69) is 15.0 Å². The summed E-state index contributed by atoms with van der Waals surface area (Å²) >= 11 is 0.776. The predicted octanol–water partition coefficient (Wildman–Crippen LogP) is 0.145. The molecule has 6 N–H and O–H groups in total. The molecule has 184 valence electrons. The number of carboxylic acids is 1. The number of hydrogen-bond acceptors (Lipinski definition) is 7. The number of nitrogens with two attached hydrogens (primary N) is 1. The van der Waals surface area contributed by atoms with Crippen LogP contribution in [0.3, 0.4) is 0 Å². The van der Waals surface area contributed by atoms with E-state index >= 15 is 0 Å². The second-order valence-electron chi connectivity index (χ2n) is 7.97. The zero-order chi connectivity index (χ0) is 24.8. The molecule has 0 radical (unpaired) electrons.